The Morgan fingerprint density at radius 1 is 0.404 bits per heavy atom. The molecule has 1 nitrogen and oxygen atoms in total. The number of allylic oxidation sites excluding steroid dienone is 4. The fourth-order valence-electron chi connectivity index (χ4n) is 11.3. The van der Waals surface area contributed by atoms with Crippen molar-refractivity contribution in [1.82, 2.24) is 4.57 Å². The Morgan fingerprint density at radius 2 is 1.07 bits per heavy atom. The van der Waals surface area contributed by atoms with Gasteiger partial charge in [-0.2, -0.15) is 0 Å². The van der Waals surface area contributed by atoms with Crippen molar-refractivity contribution in [3.63, 3.8) is 0 Å². The smallest absolute Gasteiger partial charge is 0.0626 e. The van der Waals surface area contributed by atoms with Crippen LogP contribution in [0.3, 0.4) is 0 Å². The molecular formula is C56H33N. The first kappa shape index (κ1) is 30.1. The van der Waals surface area contributed by atoms with E-state index in [-0.39, 0.29) is 0 Å². The molecule has 1 heterocycles. The lowest BCUT2D eigenvalue weighted by Crippen LogP contribution is -2.04. The van der Waals surface area contributed by atoms with Gasteiger partial charge in [0, 0.05) is 33.2 Å². The van der Waals surface area contributed by atoms with Crippen LogP contribution in [0.2, 0.25) is 0 Å². The molecule has 3 aliphatic rings. The number of rotatable bonds is 2. The molecule has 1 atom stereocenters. The molecule has 1 unspecified atom stereocenters. The van der Waals surface area contributed by atoms with Crippen LogP contribution in [-0.4, -0.2) is 4.57 Å². The van der Waals surface area contributed by atoms with Crippen molar-refractivity contribution in [1.29, 1.82) is 0 Å². The van der Waals surface area contributed by atoms with Gasteiger partial charge in [-0.1, -0.05) is 158 Å². The fourth-order valence-corrected chi connectivity index (χ4v) is 11.3. The van der Waals surface area contributed by atoms with E-state index in [1.54, 1.807) is 0 Å². The predicted molar refractivity (Wildman–Crippen MR) is 243 cm³/mol. The lowest BCUT2D eigenvalue weighted by Gasteiger charge is -2.22. The molecule has 10 aromatic carbocycles. The molecule has 1 heteroatoms. The monoisotopic (exact) mass is 719 g/mol. The maximum absolute atomic E-state index is 2.58. The van der Waals surface area contributed by atoms with E-state index in [0.29, 0.717) is 5.92 Å². The minimum Gasteiger partial charge on any atom is -0.309 e. The van der Waals surface area contributed by atoms with Crippen LogP contribution in [-0.2, 0) is 0 Å². The summed E-state index contributed by atoms with van der Waals surface area (Å²) in [6.45, 7) is 0. The van der Waals surface area contributed by atoms with Crippen LogP contribution in [0.4, 0.5) is 0 Å². The standard InChI is InChI=1S/C56H33N/c1-3-17-42-36(15-1)47(34-25-27-38-40-20-7-11-32-13-9-22-43(52(32)40)48(38)29-34)31-50-37-16-2-4-18-45(37)56-55(54(42)50)46-19-5-6-24-51(46)57(56)35-26-28-39-41-21-8-12-33-14-10-23-44(53(33)41)49(39)30-35/h1-27,29-31,39H,28H2. The van der Waals surface area contributed by atoms with Crippen LogP contribution in [0.5, 0.6) is 0 Å². The van der Waals surface area contributed by atoms with E-state index in [1.165, 1.54) is 131 Å². The van der Waals surface area contributed by atoms with Gasteiger partial charge in [0.15, 0.2) is 0 Å². The summed E-state index contributed by atoms with van der Waals surface area (Å²) in [5.41, 5.74) is 16.0. The van der Waals surface area contributed by atoms with E-state index < -0.39 is 0 Å². The molecule has 0 spiro atoms. The summed E-state index contributed by atoms with van der Waals surface area (Å²) in [5.74, 6) is 0.393. The van der Waals surface area contributed by atoms with Crippen molar-refractivity contribution in [2.45, 2.75) is 12.3 Å². The Bertz CT molecular complexity index is 3710. The van der Waals surface area contributed by atoms with E-state index in [9.17, 15) is 0 Å². The average molecular weight is 720 g/mol. The van der Waals surface area contributed by atoms with Gasteiger partial charge in [-0.3, -0.25) is 0 Å². The summed E-state index contributed by atoms with van der Waals surface area (Å²) in [6, 6.07) is 64.1. The van der Waals surface area contributed by atoms with Crippen LogP contribution in [0.25, 0.3) is 120 Å². The maximum atomic E-state index is 2.58. The summed E-state index contributed by atoms with van der Waals surface area (Å²) >= 11 is 0. The van der Waals surface area contributed by atoms with Gasteiger partial charge in [0.2, 0.25) is 0 Å². The Kier molecular flexibility index (Phi) is 5.67. The molecule has 0 radical (unpaired) electrons. The Morgan fingerprint density at radius 3 is 1.89 bits per heavy atom. The van der Waals surface area contributed by atoms with Gasteiger partial charge in [-0.25, -0.2) is 0 Å². The van der Waals surface area contributed by atoms with Gasteiger partial charge in [-0.15, -0.1) is 0 Å². The molecule has 57 heavy (non-hydrogen) atoms. The third kappa shape index (κ3) is 3.79. The molecule has 0 amide bonds. The fraction of sp³-hybridized carbons (Fsp3) is 0.0357. The third-order valence-electron chi connectivity index (χ3n) is 13.6. The lowest BCUT2D eigenvalue weighted by atomic mass is 9.87. The maximum Gasteiger partial charge on any atom is 0.0626 e. The molecule has 14 rings (SSSR count). The first-order valence-corrected chi connectivity index (χ1v) is 20.2. The topological polar surface area (TPSA) is 4.93 Å². The zero-order chi connectivity index (χ0) is 36.9. The summed E-state index contributed by atoms with van der Waals surface area (Å²) < 4.78 is 2.58. The van der Waals surface area contributed by atoms with Gasteiger partial charge in [0.25, 0.3) is 0 Å². The highest BCUT2D eigenvalue weighted by Gasteiger charge is 2.32. The van der Waals surface area contributed by atoms with E-state index in [1.807, 2.05) is 0 Å². The van der Waals surface area contributed by atoms with E-state index >= 15 is 0 Å². The number of nitrogens with zero attached hydrogens (tertiary/aromatic N) is 1. The van der Waals surface area contributed by atoms with E-state index in [4.69, 9.17) is 0 Å². The van der Waals surface area contributed by atoms with Crippen LogP contribution < -0.4 is 0 Å². The summed E-state index contributed by atoms with van der Waals surface area (Å²) in [7, 11) is 0. The molecule has 0 saturated heterocycles. The Hall–Kier alpha value is -7.22. The normalized spacial score (nSPS) is 15.3. The molecule has 0 saturated carbocycles. The molecule has 262 valence electrons. The number of hydrogen-bond donors (Lipinski definition) is 0. The van der Waals surface area contributed by atoms with Crippen LogP contribution in [0.1, 0.15) is 23.5 Å². The largest absolute Gasteiger partial charge is 0.309 e. The Balaban J connectivity index is 1.07. The summed E-state index contributed by atoms with van der Waals surface area (Å²) in [6.07, 6.45) is 5.99. The molecule has 0 fully saturated rings. The zero-order valence-electron chi connectivity index (χ0n) is 31.1. The number of fused-ring (bicyclic) bond motifs is 16. The van der Waals surface area contributed by atoms with Crippen LogP contribution in [0.15, 0.2) is 182 Å². The highest BCUT2D eigenvalue weighted by atomic mass is 15.0. The molecular weight excluding hydrogens is 687 g/mol. The quantitative estimate of drug-likeness (QED) is 0.157. The number of aromatic nitrogens is 1. The van der Waals surface area contributed by atoms with Gasteiger partial charge in [0.1, 0.15) is 0 Å². The summed E-state index contributed by atoms with van der Waals surface area (Å²) in [4.78, 5) is 0. The van der Waals surface area contributed by atoms with Crippen LogP contribution in [0, 0.1) is 0 Å². The highest BCUT2D eigenvalue weighted by molar-refractivity contribution is 6.38. The van der Waals surface area contributed by atoms with Gasteiger partial charge in [-0.05, 0) is 124 Å². The third-order valence-corrected chi connectivity index (χ3v) is 13.6. The minimum absolute atomic E-state index is 0.393. The first-order valence-electron chi connectivity index (χ1n) is 20.2. The molecule has 0 bridgehead atoms. The van der Waals surface area contributed by atoms with Crippen molar-refractivity contribution in [2.24, 2.45) is 0 Å². The SMILES string of the molecule is C1=C2c3cccc4cccc(c34)C2CC=C1n1c2ccccc2c2c3c4ccccc4c(-c4ccc5c(c4)-c4cccc6cccc-5c46)cc3c3ccccc3c21. The van der Waals surface area contributed by atoms with Gasteiger partial charge >= 0.3 is 0 Å². The second-order valence-corrected chi connectivity index (χ2v) is 16.3. The number of benzene rings is 10. The second kappa shape index (κ2) is 10.8. The van der Waals surface area contributed by atoms with Crippen molar-refractivity contribution in [3.05, 3.63) is 193 Å². The first-order chi connectivity index (χ1) is 28.3. The second-order valence-electron chi connectivity index (χ2n) is 16.3. The van der Waals surface area contributed by atoms with Crippen LogP contribution >= 0.6 is 0 Å². The van der Waals surface area contributed by atoms with E-state index in [0.717, 1.165) is 6.42 Å². The van der Waals surface area contributed by atoms with Crippen molar-refractivity contribution >= 4 is 86.9 Å². The Labute approximate surface area is 329 Å². The molecule has 0 aliphatic heterocycles. The number of para-hydroxylation sites is 1. The van der Waals surface area contributed by atoms with Crippen molar-refractivity contribution in [2.75, 3.05) is 0 Å². The zero-order valence-corrected chi connectivity index (χ0v) is 31.1. The predicted octanol–water partition coefficient (Wildman–Crippen LogP) is 15.3. The lowest BCUT2D eigenvalue weighted by molar-refractivity contribution is 0.894. The van der Waals surface area contributed by atoms with Gasteiger partial charge < -0.3 is 4.57 Å². The molecule has 0 N–H and O–H groups in total. The average Bonchev–Trinajstić information content (AvgIpc) is 3.91. The van der Waals surface area contributed by atoms with Crippen molar-refractivity contribution < 1.29 is 0 Å². The molecule has 11 aromatic rings. The van der Waals surface area contributed by atoms with Gasteiger partial charge in [0.05, 0.1) is 11.0 Å². The minimum atomic E-state index is 0.393. The van der Waals surface area contributed by atoms with Crippen molar-refractivity contribution in [3.8, 4) is 33.4 Å². The highest BCUT2D eigenvalue weighted by Crippen LogP contribution is 2.53. The molecule has 3 aliphatic carbocycles. The summed E-state index contributed by atoms with van der Waals surface area (Å²) in [5, 5.41) is 15.8. The van der Waals surface area contributed by atoms with E-state index in [2.05, 4.69) is 187 Å². The number of hydrogen-bond acceptors (Lipinski definition) is 0. The molecule has 1 aromatic heterocycles.